The van der Waals surface area contributed by atoms with Gasteiger partial charge in [0.05, 0.1) is 20.4 Å². The Bertz CT molecular complexity index is 537. The maximum atomic E-state index is 5.49. The van der Waals surface area contributed by atoms with Crippen LogP contribution in [-0.4, -0.2) is 26.3 Å². The summed E-state index contributed by atoms with van der Waals surface area (Å²) in [5.41, 5.74) is 1.09. The first kappa shape index (κ1) is 13.3. The van der Waals surface area contributed by atoms with Crippen molar-refractivity contribution in [3.05, 3.63) is 35.7 Å². The lowest BCUT2D eigenvalue weighted by atomic mass is 10.1. The zero-order valence-electron chi connectivity index (χ0n) is 11.4. The summed E-state index contributed by atoms with van der Waals surface area (Å²) >= 11 is 0. The van der Waals surface area contributed by atoms with Gasteiger partial charge in [0.15, 0.2) is 0 Å². The van der Waals surface area contributed by atoms with E-state index in [1.165, 1.54) is 0 Å². The summed E-state index contributed by atoms with van der Waals surface area (Å²) in [6, 6.07) is 6.31. The second kappa shape index (κ2) is 6.13. The van der Waals surface area contributed by atoms with Gasteiger partial charge in [-0.25, -0.2) is 4.98 Å². The minimum absolute atomic E-state index is 0.535. The van der Waals surface area contributed by atoms with Crippen molar-refractivity contribution in [1.29, 1.82) is 0 Å². The number of nitrogens with one attached hydrogen (secondary N) is 1. The summed E-state index contributed by atoms with van der Waals surface area (Å²) in [4.78, 5) is 4.09. The van der Waals surface area contributed by atoms with Gasteiger partial charge in [0.25, 0.3) is 6.01 Å². The number of aryl methyl sites for hydroxylation is 2. The maximum absolute atomic E-state index is 5.49. The third kappa shape index (κ3) is 3.19. The lowest BCUT2D eigenvalue weighted by molar-refractivity contribution is 0.398. The Balaban J connectivity index is 2.09. The number of methoxy groups -OCH3 is 2. The molecule has 5 heteroatoms. The fraction of sp³-hybridized carbons (Fsp3) is 0.357. The van der Waals surface area contributed by atoms with Gasteiger partial charge in [-0.1, -0.05) is 0 Å². The van der Waals surface area contributed by atoms with Crippen LogP contribution in [-0.2, 0) is 12.8 Å². The van der Waals surface area contributed by atoms with Crippen molar-refractivity contribution in [3.63, 3.8) is 0 Å². The molecule has 1 N–H and O–H groups in total. The van der Waals surface area contributed by atoms with Crippen molar-refractivity contribution >= 4 is 6.01 Å². The van der Waals surface area contributed by atoms with Crippen molar-refractivity contribution < 1.29 is 13.9 Å². The van der Waals surface area contributed by atoms with Crippen LogP contribution >= 0.6 is 0 Å². The van der Waals surface area contributed by atoms with Crippen molar-refractivity contribution in [1.82, 2.24) is 4.98 Å². The topological polar surface area (TPSA) is 56.5 Å². The minimum atomic E-state index is 0.535. The third-order valence-corrected chi connectivity index (χ3v) is 2.90. The van der Waals surface area contributed by atoms with E-state index in [9.17, 15) is 0 Å². The van der Waals surface area contributed by atoms with E-state index in [0.717, 1.165) is 35.7 Å². The summed E-state index contributed by atoms with van der Waals surface area (Å²) in [6.07, 6.45) is 3.30. The highest BCUT2D eigenvalue weighted by Crippen LogP contribution is 2.25. The highest BCUT2D eigenvalue weighted by molar-refractivity contribution is 5.40. The number of ether oxygens (including phenoxy) is 2. The summed E-state index contributed by atoms with van der Waals surface area (Å²) in [6.45, 7) is 0. The first-order chi connectivity index (χ1) is 9.26. The molecule has 0 aliphatic heterocycles. The third-order valence-electron chi connectivity index (χ3n) is 2.90. The fourth-order valence-corrected chi connectivity index (χ4v) is 1.87. The van der Waals surface area contributed by atoms with E-state index < -0.39 is 0 Å². The quantitative estimate of drug-likeness (QED) is 0.867. The van der Waals surface area contributed by atoms with Crippen LogP contribution in [0.3, 0.4) is 0 Å². The molecule has 1 aromatic carbocycles. The molecule has 2 rings (SSSR count). The molecule has 2 aromatic rings. The zero-order chi connectivity index (χ0) is 13.7. The molecule has 102 valence electrons. The van der Waals surface area contributed by atoms with Crippen LogP contribution in [0.25, 0.3) is 0 Å². The van der Waals surface area contributed by atoms with Crippen molar-refractivity contribution in [3.8, 4) is 11.5 Å². The van der Waals surface area contributed by atoms with Gasteiger partial charge in [-0.2, -0.15) is 0 Å². The van der Waals surface area contributed by atoms with Crippen LogP contribution in [0.5, 0.6) is 11.5 Å². The Hall–Kier alpha value is -2.17. The van der Waals surface area contributed by atoms with Crippen LogP contribution in [0.4, 0.5) is 6.01 Å². The minimum Gasteiger partial charge on any atom is -0.497 e. The van der Waals surface area contributed by atoms with Gasteiger partial charge in [0, 0.05) is 13.5 Å². The van der Waals surface area contributed by atoms with E-state index in [4.69, 9.17) is 13.9 Å². The van der Waals surface area contributed by atoms with Gasteiger partial charge in [-0.15, -0.1) is 0 Å². The number of aromatic nitrogens is 1. The summed E-state index contributed by atoms with van der Waals surface area (Å²) in [5.74, 6) is 2.52. The molecule has 0 radical (unpaired) electrons. The molecule has 1 heterocycles. The normalized spacial score (nSPS) is 10.3. The smallest absolute Gasteiger partial charge is 0.294 e. The molecule has 0 unspecified atom stereocenters. The van der Waals surface area contributed by atoms with E-state index in [0.29, 0.717) is 6.01 Å². The first-order valence-electron chi connectivity index (χ1n) is 6.10. The molecular formula is C14H18N2O3. The average molecular weight is 262 g/mol. The van der Waals surface area contributed by atoms with Gasteiger partial charge >= 0.3 is 0 Å². The Labute approximate surface area is 112 Å². The number of hydrogen-bond acceptors (Lipinski definition) is 5. The molecule has 0 saturated carbocycles. The van der Waals surface area contributed by atoms with Crippen LogP contribution in [0.1, 0.15) is 11.3 Å². The molecule has 0 bridgehead atoms. The lowest BCUT2D eigenvalue weighted by Gasteiger charge is -2.09. The Morgan fingerprint density at radius 2 is 2.05 bits per heavy atom. The Morgan fingerprint density at radius 3 is 2.68 bits per heavy atom. The first-order valence-corrected chi connectivity index (χ1v) is 6.10. The van der Waals surface area contributed by atoms with Gasteiger partial charge < -0.3 is 19.2 Å². The number of oxazole rings is 1. The van der Waals surface area contributed by atoms with Crippen LogP contribution in [0.15, 0.2) is 28.8 Å². The summed E-state index contributed by atoms with van der Waals surface area (Å²) < 4.78 is 16.1. The van der Waals surface area contributed by atoms with E-state index in [1.807, 2.05) is 18.2 Å². The largest absolute Gasteiger partial charge is 0.497 e. The van der Waals surface area contributed by atoms with Gasteiger partial charge in [0.1, 0.15) is 17.3 Å². The number of benzene rings is 1. The Morgan fingerprint density at radius 1 is 1.21 bits per heavy atom. The predicted octanol–water partition coefficient (Wildman–Crippen LogP) is 2.52. The molecule has 1 aromatic heterocycles. The Kier molecular flexibility index (Phi) is 4.28. The number of anilines is 1. The second-order valence-electron chi connectivity index (χ2n) is 4.06. The highest BCUT2D eigenvalue weighted by atomic mass is 16.5. The van der Waals surface area contributed by atoms with Gasteiger partial charge in [0.2, 0.25) is 0 Å². The summed E-state index contributed by atoms with van der Waals surface area (Å²) in [7, 11) is 5.10. The van der Waals surface area contributed by atoms with Crippen molar-refractivity contribution in [2.75, 3.05) is 26.6 Å². The van der Waals surface area contributed by atoms with Crippen molar-refractivity contribution in [2.24, 2.45) is 0 Å². The maximum Gasteiger partial charge on any atom is 0.294 e. The van der Waals surface area contributed by atoms with E-state index in [1.54, 1.807) is 27.5 Å². The fourth-order valence-electron chi connectivity index (χ4n) is 1.87. The molecule has 0 spiro atoms. The second-order valence-corrected chi connectivity index (χ2v) is 4.06. The highest BCUT2D eigenvalue weighted by Gasteiger charge is 2.08. The SMILES string of the molecule is CNc1ncc(CCc2cc(OC)ccc2OC)o1. The molecule has 5 nitrogen and oxygen atoms in total. The molecule has 0 atom stereocenters. The van der Waals surface area contributed by atoms with Crippen LogP contribution < -0.4 is 14.8 Å². The lowest BCUT2D eigenvalue weighted by Crippen LogP contribution is -1.96. The molecule has 0 amide bonds. The number of rotatable bonds is 6. The van der Waals surface area contributed by atoms with Crippen LogP contribution in [0, 0.1) is 0 Å². The molecule has 0 saturated heterocycles. The van der Waals surface area contributed by atoms with E-state index in [-0.39, 0.29) is 0 Å². The average Bonchev–Trinajstić information content (AvgIpc) is 2.92. The standard InChI is InChI=1S/C14H18N2O3/c1-15-14-16-9-12(19-14)5-4-10-8-11(17-2)6-7-13(10)18-3/h6-9H,4-5H2,1-3H3,(H,15,16). The molecule has 0 aliphatic rings. The molecule has 0 fully saturated rings. The zero-order valence-corrected chi connectivity index (χ0v) is 11.4. The summed E-state index contributed by atoms with van der Waals surface area (Å²) in [5, 5.41) is 2.86. The van der Waals surface area contributed by atoms with Crippen LogP contribution in [0.2, 0.25) is 0 Å². The number of hydrogen-bond donors (Lipinski definition) is 1. The monoisotopic (exact) mass is 262 g/mol. The van der Waals surface area contributed by atoms with Gasteiger partial charge in [-0.3, -0.25) is 0 Å². The van der Waals surface area contributed by atoms with E-state index in [2.05, 4.69) is 10.3 Å². The predicted molar refractivity (Wildman–Crippen MR) is 73.0 cm³/mol. The van der Waals surface area contributed by atoms with E-state index >= 15 is 0 Å². The van der Waals surface area contributed by atoms with Crippen molar-refractivity contribution in [2.45, 2.75) is 12.8 Å². The molecule has 19 heavy (non-hydrogen) atoms. The molecular weight excluding hydrogens is 244 g/mol. The molecule has 0 aliphatic carbocycles. The van der Waals surface area contributed by atoms with Gasteiger partial charge in [-0.05, 0) is 30.2 Å². The number of nitrogens with zero attached hydrogens (tertiary/aromatic N) is 1.